The number of allylic oxidation sites excluding steroid dienone is 2. The molecule has 0 amide bonds. The molecule has 0 unspecified atom stereocenters. The number of hydrogen-bond acceptors (Lipinski definition) is 1. The normalized spacial score (nSPS) is 19.9. The van der Waals surface area contributed by atoms with E-state index in [1.165, 1.54) is 62.5 Å². The minimum Gasteiger partial charge on any atom is -0.493 e. The molecular weight excluding hydrogens is 312 g/mol. The van der Waals surface area contributed by atoms with E-state index in [4.69, 9.17) is 4.74 Å². The summed E-state index contributed by atoms with van der Waals surface area (Å²) in [6, 6.07) is 6.47. The minimum absolute atomic E-state index is 0.758. The minimum atomic E-state index is 0.758. The molecule has 0 bridgehead atoms. The molecule has 1 saturated carbocycles. The van der Waals surface area contributed by atoms with Crippen molar-refractivity contribution in [3.63, 3.8) is 0 Å². The van der Waals surface area contributed by atoms with Crippen LogP contribution in [-0.2, 0) is 0 Å². The van der Waals surface area contributed by atoms with E-state index in [9.17, 15) is 0 Å². The average Bonchev–Trinajstić information content (AvgIpc) is 3.00. The van der Waals surface area contributed by atoms with Crippen LogP contribution in [0.4, 0.5) is 0 Å². The Morgan fingerprint density at radius 3 is 2.70 bits per heavy atom. The van der Waals surface area contributed by atoms with Crippen molar-refractivity contribution < 1.29 is 4.74 Å². The van der Waals surface area contributed by atoms with Gasteiger partial charge in [-0.2, -0.15) is 0 Å². The van der Waals surface area contributed by atoms with Gasteiger partial charge in [-0.15, -0.1) is 0 Å². The van der Waals surface area contributed by atoms with Crippen molar-refractivity contribution in [3.8, 4) is 5.75 Å². The molecule has 2 aliphatic rings. The lowest BCUT2D eigenvalue weighted by molar-refractivity contribution is 0.208. The van der Waals surface area contributed by atoms with Gasteiger partial charge in [0.2, 0.25) is 0 Å². The van der Waals surface area contributed by atoms with Gasteiger partial charge in [0.25, 0.3) is 0 Å². The van der Waals surface area contributed by atoms with Crippen LogP contribution in [0.2, 0.25) is 0 Å². The molecule has 0 radical (unpaired) electrons. The Balaban J connectivity index is 1.71. The van der Waals surface area contributed by atoms with Crippen LogP contribution in [0.5, 0.6) is 5.75 Å². The van der Waals surface area contributed by atoms with Gasteiger partial charge in [0.1, 0.15) is 5.75 Å². The van der Waals surface area contributed by atoms with Gasteiger partial charge in [-0.25, -0.2) is 0 Å². The molecule has 0 aromatic heterocycles. The van der Waals surface area contributed by atoms with Gasteiger partial charge in [-0.3, -0.25) is 0 Å². The SMILES string of the molecule is Brc1ccc(C2=CCCC2)c(OCC2CCCCC2)c1. The van der Waals surface area contributed by atoms with Gasteiger partial charge >= 0.3 is 0 Å². The van der Waals surface area contributed by atoms with E-state index in [2.05, 4.69) is 40.2 Å². The summed E-state index contributed by atoms with van der Waals surface area (Å²) in [5.41, 5.74) is 2.78. The maximum Gasteiger partial charge on any atom is 0.127 e. The largest absolute Gasteiger partial charge is 0.493 e. The highest BCUT2D eigenvalue weighted by atomic mass is 79.9. The molecule has 0 saturated heterocycles. The first kappa shape index (κ1) is 14.2. The Bertz CT molecular complexity index is 486. The number of benzene rings is 1. The van der Waals surface area contributed by atoms with Gasteiger partial charge in [-0.1, -0.05) is 41.3 Å². The first-order valence-corrected chi connectivity index (χ1v) is 8.74. The zero-order valence-corrected chi connectivity index (χ0v) is 13.6. The van der Waals surface area contributed by atoms with Gasteiger partial charge in [-0.05, 0) is 61.8 Å². The molecule has 0 spiro atoms. The fourth-order valence-electron chi connectivity index (χ4n) is 3.36. The maximum absolute atomic E-state index is 6.20. The highest BCUT2D eigenvalue weighted by Crippen LogP contribution is 2.36. The molecule has 1 aromatic rings. The molecular formula is C18H23BrO. The molecule has 1 aromatic carbocycles. The van der Waals surface area contributed by atoms with Crippen molar-refractivity contribution in [3.05, 3.63) is 34.3 Å². The molecule has 20 heavy (non-hydrogen) atoms. The Morgan fingerprint density at radius 1 is 1.10 bits per heavy atom. The Kier molecular flexibility index (Phi) is 4.82. The second kappa shape index (κ2) is 6.80. The Hall–Kier alpha value is -0.760. The lowest BCUT2D eigenvalue weighted by Crippen LogP contribution is -2.15. The summed E-state index contributed by atoms with van der Waals surface area (Å²) in [6.45, 7) is 0.886. The highest BCUT2D eigenvalue weighted by molar-refractivity contribution is 9.10. The van der Waals surface area contributed by atoms with Crippen LogP contribution < -0.4 is 4.74 Å². The predicted molar refractivity (Wildman–Crippen MR) is 88.0 cm³/mol. The van der Waals surface area contributed by atoms with Crippen LogP contribution in [-0.4, -0.2) is 6.61 Å². The van der Waals surface area contributed by atoms with E-state index < -0.39 is 0 Å². The van der Waals surface area contributed by atoms with E-state index in [1.54, 1.807) is 0 Å². The summed E-state index contributed by atoms with van der Waals surface area (Å²) < 4.78 is 7.31. The van der Waals surface area contributed by atoms with Gasteiger partial charge in [0.05, 0.1) is 6.61 Å². The second-order valence-corrected chi connectivity index (χ2v) is 6.99. The van der Waals surface area contributed by atoms with Crippen LogP contribution >= 0.6 is 15.9 Å². The molecule has 1 fully saturated rings. The standard InChI is InChI=1S/C18H23BrO/c19-16-10-11-17(15-8-4-5-9-15)18(12-16)20-13-14-6-2-1-3-7-14/h8,10-12,14H,1-7,9,13H2. The monoisotopic (exact) mass is 334 g/mol. The summed E-state index contributed by atoms with van der Waals surface area (Å²) in [5.74, 6) is 1.83. The second-order valence-electron chi connectivity index (χ2n) is 6.08. The summed E-state index contributed by atoms with van der Waals surface area (Å²) in [7, 11) is 0. The third kappa shape index (κ3) is 3.46. The van der Waals surface area contributed by atoms with Crippen molar-refractivity contribution in [2.24, 2.45) is 5.92 Å². The first-order chi connectivity index (χ1) is 9.83. The van der Waals surface area contributed by atoms with E-state index in [1.807, 2.05) is 0 Å². The first-order valence-electron chi connectivity index (χ1n) is 7.95. The smallest absolute Gasteiger partial charge is 0.127 e. The van der Waals surface area contributed by atoms with Crippen molar-refractivity contribution in [1.29, 1.82) is 0 Å². The summed E-state index contributed by atoms with van der Waals surface area (Å²) in [6.07, 6.45) is 12.9. The molecule has 1 nitrogen and oxygen atoms in total. The highest BCUT2D eigenvalue weighted by Gasteiger charge is 2.17. The van der Waals surface area contributed by atoms with Crippen LogP contribution in [0.1, 0.15) is 56.9 Å². The summed E-state index contributed by atoms with van der Waals surface area (Å²) in [5, 5.41) is 0. The molecule has 0 aliphatic heterocycles. The molecule has 0 atom stereocenters. The predicted octanol–water partition coefficient (Wildman–Crippen LogP) is 5.98. The van der Waals surface area contributed by atoms with Crippen LogP contribution in [0.3, 0.4) is 0 Å². The van der Waals surface area contributed by atoms with Crippen molar-refractivity contribution in [2.75, 3.05) is 6.61 Å². The van der Waals surface area contributed by atoms with Gasteiger partial charge in [0.15, 0.2) is 0 Å². The lowest BCUT2D eigenvalue weighted by atomic mass is 9.90. The number of rotatable bonds is 4. The number of ether oxygens (including phenoxy) is 1. The quantitative estimate of drug-likeness (QED) is 0.658. The molecule has 0 heterocycles. The molecule has 0 N–H and O–H groups in total. The van der Waals surface area contributed by atoms with Gasteiger partial charge in [0, 0.05) is 10.0 Å². The zero-order valence-electron chi connectivity index (χ0n) is 12.0. The summed E-state index contributed by atoms with van der Waals surface area (Å²) in [4.78, 5) is 0. The van der Waals surface area contributed by atoms with Crippen LogP contribution in [0.15, 0.2) is 28.7 Å². The summed E-state index contributed by atoms with van der Waals surface area (Å²) >= 11 is 3.57. The van der Waals surface area contributed by atoms with Crippen molar-refractivity contribution >= 4 is 21.5 Å². The third-order valence-electron chi connectivity index (χ3n) is 4.53. The molecule has 108 valence electrons. The Labute approximate surface area is 130 Å². The number of halogens is 1. The van der Waals surface area contributed by atoms with E-state index >= 15 is 0 Å². The molecule has 2 aliphatic carbocycles. The van der Waals surface area contributed by atoms with E-state index in [0.29, 0.717) is 0 Å². The van der Waals surface area contributed by atoms with E-state index in [0.717, 1.165) is 22.7 Å². The number of hydrogen-bond donors (Lipinski definition) is 0. The maximum atomic E-state index is 6.20. The van der Waals surface area contributed by atoms with Crippen molar-refractivity contribution in [1.82, 2.24) is 0 Å². The third-order valence-corrected chi connectivity index (χ3v) is 5.02. The zero-order chi connectivity index (χ0) is 13.8. The Morgan fingerprint density at radius 2 is 1.95 bits per heavy atom. The van der Waals surface area contributed by atoms with Crippen LogP contribution in [0, 0.1) is 5.92 Å². The van der Waals surface area contributed by atoms with Gasteiger partial charge < -0.3 is 4.74 Å². The van der Waals surface area contributed by atoms with Crippen molar-refractivity contribution in [2.45, 2.75) is 51.4 Å². The molecule has 3 rings (SSSR count). The van der Waals surface area contributed by atoms with Crippen LogP contribution in [0.25, 0.3) is 5.57 Å². The molecule has 2 heteroatoms. The topological polar surface area (TPSA) is 9.23 Å². The fraction of sp³-hybridized carbons (Fsp3) is 0.556. The lowest BCUT2D eigenvalue weighted by Gasteiger charge is -2.22. The van der Waals surface area contributed by atoms with E-state index in [-0.39, 0.29) is 0 Å². The average molecular weight is 335 g/mol. The fourth-order valence-corrected chi connectivity index (χ4v) is 3.70.